The molecule has 3 aromatic heterocycles. The molecule has 0 aromatic carbocycles. The van der Waals surface area contributed by atoms with E-state index in [9.17, 15) is 9.90 Å². The van der Waals surface area contributed by atoms with Crippen LogP contribution in [0, 0.1) is 0 Å². The molecule has 0 aliphatic heterocycles. The molecule has 8 heteroatoms. The van der Waals surface area contributed by atoms with Crippen LogP contribution in [0.1, 0.15) is 15.4 Å². The Balaban J connectivity index is 2.07. The van der Waals surface area contributed by atoms with Crippen molar-refractivity contribution in [2.45, 2.75) is 6.54 Å². The van der Waals surface area contributed by atoms with Crippen LogP contribution in [0.2, 0.25) is 0 Å². The maximum atomic E-state index is 11.3. The fourth-order valence-electron chi connectivity index (χ4n) is 1.95. The van der Waals surface area contributed by atoms with E-state index in [0.717, 1.165) is 14.2 Å². The Morgan fingerprint density at radius 1 is 1.29 bits per heavy atom. The minimum absolute atomic E-state index is 0.0585. The van der Waals surface area contributed by atoms with Gasteiger partial charge in [0, 0.05) is 22.8 Å². The molecule has 0 unspecified atom stereocenters. The summed E-state index contributed by atoms with van der Waals surface area (Å²) < 4.78 is 2.61. The molecule has 0 amide bonds. The number of rotatable bonds is 4. The van der Waals surface area contributed by atoms with Gasteiger partial charge in [-0.2, -0.15) is 0 Å². The Kier molecular flexibility index (Phi) is 3.80. The molecule has 6 nitrogen and oxygen atoms in total. The Bertz CT molecular complexity index is 785. The first-order valence-corrected chi connectivity index (χ1v) is 7.57. The van der Waals surface area contributed by atoms with Crippen molar-refractivity contribution < 1.29 is 9.90 Å². The van der Waals surface area contributed by atoms with Gasteiger partial charge < -0.3 is 5.11 Å². The Morgan fingerprint density at radius 2 is 2.05 bits per heavy atom. The summed E-state index contributed by atoms with van der Waals surface area (Å²) in [7, 11) is 0. The van der Waals surface area contributed by atoms with Crippen molar-refractivity contribution in [2.75, 3.05) is 0 Å². The van der Waals surface area contributed by atoms with Gasteiger partial charge in [-0.3, -0.25) is 4.98 Å². The highest BCUT2D eigenvalue weighted by Gasteiger charge is 2.20. The van der Waals surface area contributed by atoms with Crippen molar-refractivity contribution in [1.82, 2.24) is 20.0 Å². The number of halogens is 1. The van der Waals surface area contributed by atoms with E-state index in [2.05, 4.69) is 31.2 Å². The van der Waals surface area contributed by atoms with Crippen molar-refractivity contribution in [1.29, 1.82) is 0 Å². The molecule has 3 aromatic rings. The number of hydrogen-bond acceptors (Lipinski definition) is 5. The molecule has 106 valence electrons. The summed E-state index contributed by atoms with van der Waals surface area (Å²) in [6.07, 6.45) is 3.22. The Labute approximate surface area is 132 Å². The minimum Gasteiger partial charge on any atom is -0.476 e. The third-order valence-electron chi connectivity index (χ3n) is 2.83. The van der Waals surface area contributed by atoms with E-state index in [-0.39, 0.29) is 5.69 Å². The van der Waals surface area contributed by atoms with Crippen LogP contribution in [0.25, 0.3) is 11.3 Å². The zero-order valence-electron chi connectivity index (χ0n) is 10.6. The number of carbonyl (C=O) groups is 1. The summed E-state index contributed by atoms with van der Waals surface area (Å²) >= 11 is 4.98. The van der Waals surface area contributed by atoms with E-state index < -0.39 is 5.97 Å². The highest BCUT2D eigenvalue weighted by atomic mass is 79.9. The molecule has 0 saturated carbocycles. The van der Waals surface area contributed by atoms with Crippen LogP contribution in [-0.2, 0) is 6.54 Å². The largest absolute Gasteiger partial charge is 0.476 e. The molecule has 0 saturated heterocycles. The highest BCUT2D eigenvalue weighted by Crippen LogP contribution is 2.26. The lowest BCUT2D eigenvalue weighted by Crippen LogP contribution is -2.05. The van der Waals surface area contributed by atoms with Gasteiger partial charge in [0.05, 0.1) is 10.3 Å². The van der Waals surface area contributed by atoms with E-state index in [1.807, 2.05) is 12.1 Å². The zero-order chi connectivity index (χ0) is 14.8. The number of thiophene rings is 1. The number of nitrogens with zero attached hydrogens (tertiary/aromatic N) is 4. The lowest BCUT2D eigenvalue weighted by Gasteiger charge is -2.05. The number of pyridine rings is 1. The van der Waals surface area contributed by atoms with Crippen LogP contribution in [-0.4, -0.2) is 31.1 Å². The fourth-order valence-corrected chi connectivity index (χ4v) is 3.41. The lowest BCUT2D eigenvalue weighted by atomic mass is 10.1. The third kappa shape index (κ3) is 2.86. The molecule has 1 N–H and O–H groups in total. The summed E-state index contributed by atoms with van der Waals surface area (Å²) in [5.41, 5.74) is 1.15. The van der Waals surface area contributed by atoms with Gasteiger partial charge in [-0.1, -0.05) is 5.21 Å². The molecule has 0 spiro atoms. The summed E-state index contributed by atoms with van der Waals surface area (Å²) in [5, 5.41) is 17.0. The molecule has 3 heterocycles. The molecule has 0 aliphatic carbocycles. The van der Waals surface area contributed by atoms with Gasteiger partial charge in [-0.25, -0.2) is 9.48 Å². The van der Waals surface area contributed by atoms with E-state index in [1.165, 1.54) is 0 Å². The summed E-state index contributed by atoms with van der Waals surface area (Å²) in [5.74, 6) is -1.10. The molecular weight excluding hydrogens is 356 g/mol. The van der Waals surface area contributed by atoms with E-state index in [0.29, 0.717) is 12.2 Å². The normalized spacial score (nSPS) is 10.7. The Morgan fingerprint density at radius 3 is 2.67 bits per heavy atom. The molecule has 0 fully saturated rings. The zero-order valence-corrected chi connectivity index (χ0v) is 13.0. The van der Waals surface area contributed by atoms with Crippen molar-refractivity contribution in [3.05, 3.63) is 51.0 Å². The van der Waals surface area contributed by atoms with Gasteiger partial charge in [-0.05, 0) is 40.2 Å². The molecule has 0 radical (unpaired) electrons. The quantitative estimate of drug-likeness (QED) is 0.769. The smallest absolute Gasteiger partial charge is 0.358 e. The SMILES string of the molecule is O=C(O)c1nnn(Cc2ccc(Br)s2)c1-c1ccncc1. The van der Waals surface area contributed by atoms with Gasteiger partial charge in [0.1, 0.15) is 5.69 Å². The third-order valence-corrected chi connectivity index (χ3v) is 4.43. The first-order chi connectivity index (χ1) is 10.1. The van der Waals surface area contributed by atoms with Crippen molar-refractivity contribution in [3.63, 3.8) is 0 Å². The van der Waals surface area contributed by atoms with Crippen LogP contribution in [0.5, 0.6) is 0 Å². The maximum Gasteiger partial charge on any atom is 0.358 e. The van der Waals surface area contributed by atoms with Crippen molar-refractivity contribution in [2.24, 2.45) is 0 Å². The van der Waals surface area contributed by atoms with Crippen LogP contribution in [0.15, 0.2) is 40.4 Å². The summed E-state index contributed by atoms with van der Waals surface area (Å²) in [4.78, 5) is 16.3. The molecule has 0 atom stereocenters. The summed E-state index contributed by atoms with van der Waals surface area (Å²) in [6.45, 7) is 0.466. The average molecular weight is 365 g/mol. The molecule has 21 heavy (non-hydrogen) atoms. The van der Waals surface area contributed by atoms with Crippen molar-refractivity contribution >= 4 is 33.2 Å². The number of carboxylic acid groups (broad SMARTS) is 1. The van der Waals surface area contributed by atoms with Crippen molar-refractivity contribution in [3.8, 4) is 11.3 Å². The molecular formula is C13H9BrN4O2S. The number of carboxylic acids is 1. The topological polar surface area (TPSA) is 80.9 Å². The number of aromatic carboxylic acids is 1. The van der Waals surface area contributed by atoms with Gasteiger partial charge in [-0.15, -0.1) is 16.4 Å². The van der Waals surface area contributed by atoms with Crippen LogP contribution < -0.4 is 0 Å². The standard InChI is InChI=1S/C13H9BrN4O2S/c14-10-2-1-9(21-10)7-18-12(8-3-5-15-6-4-8)11(13(19)20)16-17-18/h1-6H,7H2,(H,19,20). The van der Waals surface area contributed by atoms with Crippen LogP contribution in [0.3, 0.4) is 0 Å². The van der Waals surface area contributed by atoms with Gasteiger partial charge in [0.2, 0.25) is 0 Å². The van der Waals surface area contributed by atoms with E-state index in [4.69, 9.17) is 0 Å². The predicted molar refractivity (Wildman–Crippen MR) is 81.3 cm³/mol. The van der Waals surface area contributed by atoms with Gasteiger partial charge in [0.25, 0.3) is 0 Å². The predicted octanol–water partition coefficient (Wildman–Crippen LogP) is 2.91. The van der Waals surface area contributed by atoms with E-state index >= 15 is 0 Å². The number of hydrogen-bond donors (Lipinski definition) is 1. The summed E-state index contributed by atoms with van der Waals surface area (Å²) in [6, 6.07) is 7.40. The molecule has 0 aliphatic rings. The van der Waals surface area contributed by atoms with Gasteiger partial charge in [0.15, 0.2) is 5.69 Å². The Hall–Kier alpha value is -2.06. The van der Waals surface area contributed by atoms with Gasteiger partial charge >= 0.3 is 5.97 Å². The van der Waals surface area contributed by atoms with Crippen LogP contribution in [0.4, 0.5) is 0 Å². The van der Waals surface area contributed by atoms with E-state index in [1.54, 1.807) is 40.5 Å². The fraction of sp³-hybridized carbons (Fsp3) is 0.0769. The molecule has 3 rings (SSSR count). The average Bonchev–Trinajstić information content (AvgIpc) is 3.07. The first kappa shape index (κ1) is 13.9. The number of aromatic nitrogens is 4. The van der Waals surface area contributed by atoms with Crippen LogP contribution >= 0.6 is 27.3 Å². The molecule has 0 bridgehead atoms. The second kappa shape index (κ2) is 5.74. The monoisotopic (exact) mass is 364 g/mol. The second-order valence-corrected chi connectivity index (χ2v) is 6.74. The minimum atomic E-state index is -1.10. The second-order valence-electron chi connectivity index (χ2n) is 4.19. The first-order valence-electron chi connectivity index (χ1n) is 5.96. The maximum absolute atomic E-state index is 11.3. The lowest BCUT2D eigenvalue weighted by molar-refractivity contribution is 0.0691. The highest BCUT2D eigenvalue weighted by molar-refractivity contribution is 9.11.